The lowest BCUT2D eigenvalue weighted by atomic mass is 9.95. The molecule has 3 rings (SSSR count). The quantitative estimate of drug-likeness (QED) is 0.343. The molecular weight excluding hydrogens is 430 g/mol. The summed E-state index contributed by atoms with van der Waals surface area (Å²) in [5, 5.41) is 13.4. The van der Waals surface area contributed by atoms with Gasteiger partial charge in [0.15, 0.2) is 0 Å². The third-order valence-corrected chi connectivity index (χ3v) is 6.23. The molecule has 0 saturated heterocycles. The molecule has 0 aromatic carbocycles. The Morgan fingerprint density at radius 3 is 2.75 bits per heavy atom. The molecule has 1 aliphatic rings. The number of thioether (sulfide) groups is 1. The second-order valence-corrected chi connectivity index (χ2v) is 8.50. The molecule has 2 aromatic rings. The minimum absolute atomic E-state index is 0.0755. The van der Waals surface area contributed by atoms with Crippen LogP contribution in [0.4, 0.5) is 0 Å². The molecule has 0 spiro atoms. The number of rotatable bonds is 9. The van der Waals surface area contributed by atoms with Gasteiger partial charge in [-0.2, -0.15) is 5.26 Å². The number of amides is 1. The Kier molecular flexibility index (Phi) is 8.71. The molecule has 1 fully saturated rings. The van der Waals surface area contributed by atoms with Gasteiger partial charge >= 0.3 is 5.97 Å². The summed E-state index contributed by atoms with van der Waals surface area (Å²) in [6.45, 7) is 2.00. The SMILES string of the molecule is COCCOC(=O)c1c(C)nc(SCC(=O)NC2CCCCC2)c(C#N)c1-c1ccco1. The van der Waals surface area contributed by atoms with E-state index in [1.165, 1.54) is 31.6 Å². The van der Waals surface area contributed by atoms with E-state index in [9.17, 15) is 14.9 Å². The van der Waals surface area contributed by atoms with Gasteiger partial charge in [0.25, 0.3) is 0 Å². The van der Waals surface area contributed by atoms with E-state index in [2.05, 4.69) is 16.4 Å². The van der Waals surface area contributed by atoms with Crippen molar-refractivity contribution >= 4 is 23.6 Å². The number of ether oxygens (including phenoxy) is 2. The fourth-order valence-electron chi connectivity index (χ4n) is 3.74. The average Bonchev–Trinajstić information content (AvgIpc) is 3.32. The molecule has 32 heavy (non-hydrogen) atoms. The third kappa shape index (κ3) is 5.90. The van der Waals surface area contributed by atoms with Crippen LogP contribution in [-0.4, -0.2) is 49.0 Å². The van der Waals surface area contributed by atoms with Crippen molar-refractivity contribution in [2.75, 3.05) is 26.1 Å². The third-order valence-electron chi connectivity index (χ3n) is 5.26. The number of carbonyl (C=O) groups excluding carboxylic acids is 2. The summed E-state index contributed by atoms with van der Waals surface area (Å²) in [4.78, 5) is 29.7. The number of hydrogen-bond acceptors (Lipinski definition) is 8. The zero-order valence-electron chi connectivity index (χ0n) is 18.3. The van der Waals surface area contributed by atoms with Gasteiger partial charge in [0, 0.05) is 13.2 Å². The largest absolute Gasteiger partial charge is 0.464 e. The van der Waals surface area contributed by atoms with E-state index in [-0.39, 0.29) is 42.0 Å². The standard InChI is InChI=1S/C23H27N3O5S/c1-15-20(23(28)31-12-11-29-2)21(18-9-6-10-30-18)17(13-24)22(25-15)32-14-19(27)26-16-7-4-3-5-8-16/h6,9-10,16H,3-5,7-8,11-12,14H2,1-2H3,(H,26,27). The first-order valence-corrected chi connectivity index (χ1v) is 11.6. The number of pyridine rings is 1. The molecule has 0 atom stereocenters. The van der Waals surface area contributed by atoms with Gasteiger partial charge in [-0.05, 0) is 31.9 Å². The fourth-order valence-corrected chi connectivity index (χ4v) is 4.59. The Hall–Kier alpha value is -2.83. The summed E-state index contributed by atoms with van der Waals surface area (Å²) in [6, 6.07) is 5.70. The molecule has 170 valence electrons. The van der Waals surface area contributed by atoms with Gasteiger partial charge in [-0.25, -0.2) is 9.78 Å². The molecule has 1 saturated carbocycles. The van der Waals surface area contributed by atoms with E-state index < -0.39 is 5.97 Å². The predicted octanol–water partition coefficient (Wildman–Crippen LogP) is 3.87. The molecule has 0 unspecified atom stereocenters. The van der Waals surface area contributed by atoms with Gasteiger partial charge in [-0.1, -0.05) is 31.0 Å². The maximum atomic E-state index is 12.8. The fraction of sp³-hybridized carbons (Fsp3) is 0.478. The molecule has 0 aliphatic heterocycles. The number of aryl methyl sites for hydroxylation is 1. The van der Waals surface area contributed by atoms with Crippen molar-refractivity contribution in [2.45, 2.75) is 50.1 Å². The first-order chi connectivity index (χ1) is 15.5. The normalized spacial score (nSPS) is 14.0. The first kappa shape index (κ1) is 23.8. The topological polar surface area (TPSA) is 114 Å². The van der Waals surface area contributed by atoms with Gasteiger partial charge < -0.3 is 19.2 Å². The van der Waals surface area contributed by atoms with Crippen LogP contribution in [0.1, 0.15) is 53.7 Å². The van der Waals surface area contributed by atoms with Crippen LogP contribution in [0, 0.1) is 18.3 Å². The van der Waals surface area contributed by atoms with Gasteiger partial charge in [-0.3, -0.25) is 4.79 Å². The van der Waals surface area contributed by atoms with Crippen LogP contribution < -0.4 is 5.32 Å². The van der Waals surface area contributed by atoms with E-state index in [0.717, 1.165) is 25.7 Å². The maximum absolute atomic E-state index is 12.8. The number of nitriles is 1. The second-order valence-electron chi connectivity index (χ2n) is 7.54. The highest BCUT2D eigenvalue weighted by atomic mass is 32.2. The van der Waals surface area contributed by atoms with Crippen LogP contribution in [0.15, 0.2) is 27.8 Å². The van der Waals surface area contributed by atoms with Crippen molar-refractivity contribution < 1.29 is 23.5 Å². The molecule has 1 amide bonds. The highest BCUT2D eigenvalue weighted by molar-refractivity contribution is 8.00. The number of nitrogens with zero attached hydrogens (tertiary/aromatic N) is 2. The van der Waals surface area contributed by atoms with E-state index in [4.69, 9.17) is 13.9 Å². The molecule has 0 radical (unpaired) electrons. The summed E-state index contributed by atoms with van der Waals surface area (Å²) < 4.78 is 15.7. The van der Waals surface area contributed by atoms with Crippen LogP contribution in [0.3, 0.4) is 0 Å². The lowest BCUT2D eigenvalue weighted by Crippen LogP contribution is -2.37. The van der Waals surface area contributed by atoms with Crippen molar-refractivity contribution in [3.63, 3.8) is 0 Å². The van der Waals surface area contributed by atoms with Crippen molar-refractivity contribution in [1.29, 1.82) is 5.26 Å². The van der Waals surface area contributed by atoms with Crippen LogP contribution in [0.25, 0.3) is 11.3 Å². The Labute approximate surface area is 191 Å². The zero-order valence-corrected chi connectivity index (χ0v) is 19.1. The molecule has 1 N–H and O–H groups in total. The summed E-state index contributed by atoms with van der Waals surface area (Å²) in [7, 11) is 1.51. The first-order valence-electron chi connectivity index (χ1n) is 10.6. The number of carbonyl (C=O) groups is 2. The highest BCUT2D eigenvalue weighted by Crippen LogP contribution is 2.35. The molecule has 1 aliphatic carbocycles. The van der Waals surface area contributed by atoms with Gasteiger partial charge in [0.05, 0.1) is 41.0 Å². The molecule has 2 aromatic heterocycles. The van der Waals surface area contributed by atoms with Crippen molar-refractivity contribution in [3.05, 3.63) is 35.2 Å². The minimum atomic E-state index is -0.610. The zero-order chi connectivity index (χ0) is 22.9. The molecule has 9 heteroatoms. The molecule has 0 bridgehead atoms. The van der Waals surface area contributed by atoms with Crippen LogP contribution in [-0.2, 0) is 14.3 Å². The van der Waals surface area contributed by atoms with Crippen molar-refractivity contribution in [3.8, 4) is 17.4 Å². The number of hydrogen-bond donors (Lipinski definition) is 1. The van der Waals surface area contributed by atoms with Crippen molar-refractivity contribution in [1.82, 2.24) is 10.3 Å². The van der Waals surface area contributed by atoms with Gasteiger partial charge in [-0.15, -0.1) is 0 Å². The van der Waals surface area contributed by atoms with E-state index in [0.29, 0.717) is 22.0 Å². The van der Waals surface area contributed by atoms with Gasteiger partial charge in [0.2, 0.25) is 5.91 Å². The minimum Gasteiger partial charge on any atom is -0.464 e. The summed E-state index contributed by atoms with van der Waals surface area (Å²) in [5.41, 5.74) is 1.07. The predicted molar refractivity (Wildman–Crippen MR) is 119 cm³/mol. The lowest BCUT2D eigenvalue weighted by Gasteiger charge is -2.22. The Bertz CT molecular complexity index is 979. The number of nitrogens with one attached hydrogen (secondary N) is 1. The monoisotopic (exact) mass is 457 g/mol. The smallest absolute Gasteiger partial charge is 0.340 e. The second kappa shape index (κ2) is 11.7. The number of furan rings is 1. The molecule has 8 nitrogen and oxygen atoms in total. The van der Waals surface area contributed by atoms with E-state index in [1.54, 1.807) is 19.1 Å². The Morgan fingerprint density at radius 1 is 1.31 bits per heavy atom. The average molecular weight is 458 g/mol. The maximum Gasteiger partial charge on any atom is 0.340 e. The van der Waals surface area contributed by atoms with Crippen LogP contribution >= 0.6 is 11.8 Å². The lowest BCUT2D eigenvalue weighted by molar-refractivity contribution is -0.119. The van der Waals surface area contributed by atoms with E-state index in [1.807, 2.05) is 0 Å². The Morgan fingerprint density at radius 2 is 2.09 bits per heavy atom. The van der Waals surface area contributed by atoms with E-state index >= 15 is 0 Å². The number of esters is 1. The van der Waals surface area contributed by atoms with Crippen LogP contribution in [0.2, 0.25) is 0 Å². The number of aromatic nitrogens is 1. The summed E-state index contributed by atoms with van der Waals surface area (Å²) >= 11 is 1.18. The molecule has 2 heterocycles. The van der Waals surface area contributed by atoms with Crippen molar-refractivity contribution in [2.24, 2.45) is 0 Å². The number of methoxy groups -OCH3 is 1. The van der Waals surface area contributed by atoms with Crippen LogP contribution in [0.5, 0.6) is 0 Å². The van der Waals surface area contributed by atoms with Gasteiger partial charge in [0.1, 0.15) is 23.5 Å². The summed E-state index contributed by atoms with van der Waals surface area (Å²) in [5.74, 6) is -0.207. The Balaban J connectivity index is 1.86. The molecular formula is C23H27N3O5S. The highest BCUT2D eigenvalue weighted by Gasteiger charge is 2.27. The summed E-state index contributed by atoms with van der Waals surface area (Å²) in [6.07, 6.45) is 6.94.